The van der Waals surface area contributed by atoms with Crippen molar-refractivity contribution in [2.45, 2.75) is 31.8 Å². The third-order valence-electron chi connectivity index (χ3n) is 6.60. The van der Waals surface area contributed by atoms with Crippen LogP contribution in [0.1, 0.15) is 41.6 Å². The molecule has 1 aliphatic rings. The molecule has 1 aromatic heterocycles. The maximum absolute atomic E-state index is 10.6. The summed E-state index contributed by atoms with van der Waals surface area (Å²) >= 11 is 0. The minimum atomic E-state index is -0.553. The van der Waals surface area contributed by atoms with Gasteiger partial charge in [-0.05, 0) is 67.3 Å². The van der Waals surface area contributed by atoms with Crippen LogP contribution in [0.25, 0.3) is 22.9 Å². The molecule has 35 heavy (non-hydrogen) atoms. The summed E-state index contributed by atoms with van der Waals surface area (Å²) in [6.45, 7) is 4.61. The molecule has 1 fully saturated rings. The molecular formula is C29H31N3O3. The Kier molecular flexibility index (Phi) is 7.21. The molecule has 180 valence electrons. The van der Waals surface area contributed by atoms with Gasteiger partial charge in [-0.15, -0.1) is 0 Å². The van der Waals surface area contributed by atoms with E-state index in [4.69, 9.17) is 9.26 Å². The third kappa shape index (κ3) is 5.96. The van der Waals surface area contributed by atoms with Gasteiger partial charge in [0.05, 0.1) is 0 Å². The average Bonchev–Trinajstić information content (AvgIpc) is 3.32. The van der Waals surface area contributed by atoms with Gasteiger partial charge >= 0.3 is 0 Å². The topological polar surface area (TPSA) is 71.6 Å². The van der Waals surface area contributed by atoms with Crippen molar-refractivity contribution in [3.05, 3.63) is 89.6 Å². The minimum Gasteiger partial charge on any atom is -0.490 e. The average molecular weight is 470 g/mol. The van der Waals surface area contributed by atoms with Crippen molar-refractivity contribution in [2.75, 3.05) is 26.2 Å². The van der Waals surface area contributed by atoms with Gasteiger partial charge in [0.15, 0.2) is 5.82 Å². The molecule has 1 N–H and O–H groups in total. The molecule has 0 radical (unpaired) electrons. The van der Waals surface area contributed by atoms with Crippen LogP contribution in [0.2, 0.25) is 0 Å². The number of piperidine rings is 1. The van der Waals surface area contributed by atoms with E-state index in [1.165, 1.54) is 16.3 Å². The van der Waals surface area contributed by atoms with Crippen LogP contribution in [-0.4, -0.2) is 52.5 Å². The van der Waals surface area contributed by atoms with Crippen LogP contribution in [0.3, 0.4) is 0 Å². The molecular weight excluding hydrogens is 438 g/mol. The van der Waals surface area contributed by atoms with Crippen molar-refractivity contribution < 1.29 is 14.4 Å². The molecule has 0 spiro atoms. The van der Waals surface area contributed by atoms with E-state index in [-0.39, 0.29) is 6.61 Å². The number of benzene rings is 3. The number of likely N-dealkylation sites (tertiary alicyclic amines) is 1. The highest BCUT2D eigenvalue weighted by molar-refractivity contribution is 5.83. The van der Waals surface area contributed by atoms with E-state index in [0.29, 0.717) is 29.9 Å². The molecule has 0 aliphatic carbocycles. The highest BCUT2D eigenvalue weighted by Gasteiger charge is 2.22. The fourth-order valence-corrected chi connectivity index (χ4v) is 4.74. The second kappa shape index (κ2) is 10.8. The summed E-state index contributed by atoms with van der Waals surface area (Å²) in [6, 6.07) is 23.1. The zero-order valence-electron chi connectivity index (χ0n) is 20.0. The number of rotatable bonds is 8. The molecule has 6 nitrogen and oxygen atoms in total. The van der Waals surface area contributed by atoms with Gasteiger partial charge < -0.3 is 19.3 Å². The number of hydrogen-bond acceptors (Lipinski definition) is 6. The van der Waals surface area contributed by atoms with Gasteiger partial charge in [-0.2, -0.15) is 4.98 Å². The lowest BCUT2D eigenvalue weighted by atomic mass is 9.88. The maximum atomic E-state index is 10.6. The van der Waals surface area contributed by atoms with Gasteiger partial charge in [0.25, 0.3) is 5.89 Å². The Morgan fingerprint density at radius 3 is 2.60 bits per heavy atom. The van der Waals surface area contributed by atoms with Crippen LogP contribution >= 0.6 is 0 Å². The van der Waals surface area contributed by atoms with Crippen molar-refractivity contribution in [1.29, 1.82) is 0 Å². The first-order valence-electron chi connectivity index (χ1n) is 12.2. The molecule has 4 aromatic rings. The molecule has 0 amide bonds. The second-order valence-corrected chi connectivity index (χ2v) is 9.20. The number of ether oxygens (including phenoxy) is 1. The molecule has 5 rings (SSSR count). The number of para-hydroxylation sites is 1. The SMILES string of the molecule is Cc1noc(/C=C/c2ccccc2OC[C@@H](O)CN2CCC(c3ccc4ccccc4c3)CC2)n1. The number of aromatic nitrogens is 2. The molecule has 0 bridgehead atoms. The highest BCUT2D eigenvalue weighted by Crippen LogP contribution is 2.30. The van der Waals surface area contributed by atoms with Crippen LogP contribution < -0.4 is 4.74 Å². The number of hydrogen-bond donors (Lipinski definition) is 1. The predicted molar refractivity (Wildman–Crippen MR) is 138 cm³/mol. The van der Waals surface area contributed by atoms with E-state index in [2.05, 4.69) is 57.5 Å². The van der Waals surface area contributed by atoms with Crippen LogP contribution in [0.4, 0.5) is 0 Å². The minimum absolute atomic E-state index is 0.245. The zero-order valence-corrected chi connectivity index (χ0v) is 20.0. The largest absolute Gasteiger partial charge is 0.490 e. The van der Waals surface area contributed by atoms with Crippen molar-refractivity contribution in [3.63, 3.8) is 0 Å². The van der Waals surface area contributed by atoms with Crippen LogP contribution in [0.15, 0.2) is 71.3 Å². The molecule has 1 aliphatic heterocycles. The summed E-state index contributed by atoms with van der Waals surface area (Å²) in [7, 11) is 0. The van der Waals surface area contributed by atoms with Crippen molar-refractivity contribution in [2.24, 2.45) is 0 Å². The summed E-state index contributed by atoms with van der Waals surface area (Å²) in [5.41, 5.74) is 2.32. The zero-order chi connectivity index (χ0) is 24.0. The molecule has 6 heteroatoms. The Hall–Kier alpha value is -3.48. The van der Waals surface area contributed by atoms with Gasteiger partial charge in [-0.3, -0.25) is 0 Å². The van der Waals surface area contributed by atoms with Crippen LogP contribution in [0, 0.1) is 6.92 Å². The fraction of sp³-hybridized carbons (Fsp3) is 0.310. The summed E-state index contributed by atoms with van der Waals surface area (Å²) in [5, 5.41) is 17.0. The lowest BCUT2D eigenvalue weighted by molar-refractivity contribution is 0.0594. The molecule has 2 heterocycles. The summed E-state index contributed by atoms with van der Waals surface area (Å²) in [6.07, 6.45) is 5.30. The van der Waals surface area contributed by atoms with Gasteiger partial charge in [-0.1, -0.05) is 65.8 Å². The predicted octanol–water partition coefficient (Wildman–Crippen LogP) is 5.32. The van der Waals surface area contributed by atoms with Gasteiger partial charge in [0.2, 0.25) is 0 Å². The molecule has 1 saturated heterocycles. The first kappa shape index (κ1) is 23.3. The van der Waals surface area contributed by atoms with E-state index < -0.39 is 6.10 Å². The molecule has 1 atom stereocenters. The monoisotopic (exact) mass is 469 g/mol. The van der Waals surface area contributed by atoms with E-state index >= 15 is 0 Å². The Balaban J connectivity index is 1.11. The lowest BCUT2D eigenvalue weighted by Gasteiger charge is -2.33. The molecule has 3 aromatic carbocycles. The van der Waals surface area contributed by atoms with Crippen LogP contribution in [0.5, 0.6) is 5.75 Å². The third-order valence-corrected chi connectivity index (χ3v) is 6.60. The van der Waals surface area contributed by atoms with Gasteiger partial charge in [0.1, 0.15) is 18.5 Å². The first-order chi connectivity index (χ1) is 17.1. The standard InChI is InChI=1S/C29H31N3O3/c1-21-30-29(35-31-21)13-12-24-7-4-5-9-28(24)34-20-27(33)19-32-16-14-23(15-17-32)26-11-10-22-6-2-3-8-25(22)18-26/h2-13,18,23,27,33H,14-17,19-20H2,1H3/b13-12+/t27-/m0/s1. The number of fused-ring (bicyclic) bond motifs is 1. The van der Waals surface area contributed by atoms with Gasteiger partial charge in [0, 0.05) is 18.2 Å². The summed E-state index contributed by atoms with van der Waals surface area (Å²) in [4.78, 5) is 6.52. The van der Waals surface area contributed by atoms with E-state index in [9.17, 15) is 5.11 Å². The van der Waals surface area contributed by atoms with Gasteiger partial charge in [-0.25, -0.2) is 0 Å². The quantitative estimate of drug-likeness (QED) is 0.377. The maximum Gasteiger partial charge on any atom is 0.250 e. The lowest BCUT2D eigenvalue weighted by Crippen LogP contribution is -2.40. The van der Waals surface area contributed by atoms with Crippen molar-refractivity contribution in [3.8, 4) is 5.75 Å². The number of nitrogens with zero attached hydrogens (tertiary/aromatic N) is 3. The van der Waals surface area contributed by atoms with Crippen molar-refractivity contribution >= 4 is 22.9 Å². The molecule has 0 saturated carbocycles. The van der Waals surface area contributed by atoms with E-state index in [1.54, 1.807) is 13.0 Å². The summed E-state index contributed by atoms with van der Waals surface area (Å²) in [5.74, 6) is 2.34. The molecule has 0 unspecified atom stereocenters. The normalized spacial score (nSPS) is 16.2. The Morgan fingerprint density at radius 2 is 1.80 bits per heavy atom. The van der Waals surface area contributed by atoms with Crippen molar-refractivity contribution in [1.82, 2.24) is 15.0 Å². The first-order valence-corrected chi connectivity index (χ1v) is 12.2. The fourth-order valence-electron chi connectivity index (χ4n) is 4.74. The van der Waals surface area contributed by atoms with Crippen LogP contribution in [-0.2, 0) is 0 Å². The number of aliphatic hydroxyl groups excluding tert-OH is 1. The Bertz CT molecular complexity index is 1290. The second-order valence-electron chi connectivity index (χ2n) is 9.20. The Labute approximate surface area is 205 Å². The highest BCUT2D eigenvalue weighted by atomic mass is 16.5. The van der Waals surface area contributed by atoms with E-state index in [0.717, 1.165) is 31.5 Å². The summed E-state index contributed by atoms with van der Waals surface area (Å²) < 4.78 is 11.1. The smallest absolute Gasteiger partial charge is 0.250 e. The van der Waals surface area contributed by atoms with E-state index in [1.807, 2.05) is 30.3 Å². The Morgan fingerprint density at radius 1 is 1.03 bits per heavy atom. The number of β-amino-alcohol motifs (C(OH)–C–C–N with tert-alkyl or cyclic N) is 1. The number of aliphatic hydroxyl groups is 1. The number of aryl methyl sites for hydroxylation is 1.